The van der Waals surface area contributed by atoms with Crippen molar-refractivity contribution in [1.29, 1.82) is 0 Å². The van der Waals surface area contributed by atoms with Gasteiger partial charge in [-0.25, -0.2) is 15.0 Å². The summed E-state index contributed by atoms with van der Waals surface area (Å²) in [5, 5.41) is 3.82. The second kappa shape index (κ2) is 16.6. The zero-order valence-electron chi connectivity index (χ0n) is 33.2. The molecular formula is C50H43N5O5. The van der Waals surface area contributed by atoms with Crippen LogP contribution >= 0.6 is 0 Å². The standard InChI is InChI=1S/C50H43N5O5/c1-57-41-27-23-37(24-28-41)49(35-15-7-3-8-16-35,36-17-9-4-10-18-36)54-46-45-47(52-33-51-46)55(34-53-45)48-44(56)31-43(60-48)32-59-50(38-19-11-5-12-20-38,39-21-13-6-14-22-39)40-25-29-42(58-2)30-26-40/h3-30,33-34,43,48H,31-32H2,1-2H3,(H,51,52,54)/t43-,48+/m0/s1. The number of ether oxygens (including phenoxy) is 4. The maximum atomic E-state index is 13.9. The maximum Gasteiger partial charge on any atom is 0.196 e. The van der Waals surface area contributed by atoms with Crippen LogP contribution in [-0.2, 0) is 25.4 Å². The Hall–Kier alpha value is -7.14. The van der Waals surface area contributed by atoms with E-state index in [0.717, 1.165) is 44.9 Å². The molecule has 9 rings (SSSR count). The third-order valence-electron chi connectivity index (χ3n) is 11.2. The smallest absolute Gasteiger partial charge is 0.196 e. The molecule has 0 aliphatic carbocycles. The first kappa shape index (κ1) is 38.4. The fourth-order valence-electron chi connectivity index (χ4n) is 8.32. The molecule has 1 aliphatic rings. The number of nitrogens with one attached hydrogen (secondary N) is 1. The van der Waals surface area contributed by atoms with Crippen LogP contribution in [0.5, 0.6) is 11.5 Å². The fourth-order valence-corrected chi connectivity index (χ4v) is 8.32. The first-order chi connectivity index (χ1) is 29.5. The number of hydrogen-bond donors (Lipinski definition) is 1. The number of carbonyl (C=O) groups is 1. The van der Waals surface area contributed by atoms with Crippen molar-refractivity contribution in [2.75, 3.05) is 26.1 Å². The zero-order valence-corrected chi connectivity index (χ0v) is 33.2. The Morgan fingerprint density at radius 2 is 1.08 bits per heavy atom. The fraction of sp³-hybridized carbons (Fsp3) is 0.160. The lowest BCUT2D eigenvalue weighted by molar-refractivity contribution is -0.128. The van der Waals surface area contributed by atoms with E-state index in [2.05, 4.69) is 71.0 Å². The number of rotatable bonds is 14. The van der Waals surface area contributed by atoms with Crippen molar-refractivity contribution >= 4 is 22.8 Å². The van der Waals surface area contributed by atoms with Crippen LogP contribution in [0.2, 0.25) is 0 Å². The third-order valence-corrected chi connectivity index (χ3v) is 11.2. The average molecular weight is 794 g/mol. The van der Waals surface area contributed by atoms with Crippen molar-refractivity contribution in [2.24, 2.45) is 0 Å². The molecule has 3 heterocycles. The van der Waals surface area contributed by atoms with Crippen molar-refractivity contribution in [1.82, 2.24) is 19.5 Å². The molecule has 6 aromatic carbocycles. The molecule has 298 valence electrons. The highest BCUT2D eigenvalue weighted by Gasteiger charge is 2.42. The van der Waals surface area contributed by atoms with Gasteiger partial charge >= 0.3 is 0 Å². The van der Waals surface area contributed by atoms with E-state index in [4.69, 9.17) is 28.9 Å². The van der Waals surface area contributed by atoms with Crippen molar-refractivity contribution in [2.45, 2.75) is 29.9 Å². The average Bonchev–Trinajstić information content (AvgIpc) is 3.93. The number of nitrogens with zero attached hydrogens (tertiary/aromatic N) is 4. The number of benzene rings is 6. The highest BCUT2D eigenvalue weighted by Crippen LogP contribution is 2.44. The lowest BCUT2D eigenvalue weighted by Gasteiger charge is -2.37. The van der Waals surface area contributed by atoms with Gasteiger partial charge in [-0.1, -0.05) is 146 Å². The van der Waals surface area contributed by atoms with Gasteiger partial charge in [-0.3, -0.25) is 9.36 Å². The predicted molar refractivity (Wildman–Crippen MR) is 230 cm³/mol. The summed E-state index contributed by atoms with van der Waals surface area (Å²) in [5.74, 6) is 1.87. The Morgan fingerprint density at radius 1 is 0.617 bits per heavy atom. The van der Waals surface area contributed by atoms with Gasteiger partial charge in [0.15, 0.2) is 29.0 Å². The number of Topliss-reactive ketones (excluding diaryl/α,β-unsaturated/α-hetero) is 1. The summed E-state index contributed by atoms with van der Waals surface area (Å²) in [5.41, 5.74) is 4.76. The Labute approximate surface area is 348 Å². The monoisotopic (exact) mass is 793 g/mol. The summed E-state index contributed by atoms with van der Waals surface area (Å²) in [6, 6.07) is 56.5. The summed E-state index contributed by atoms with van der Waals surface area (Å²) in [6.45, 7) is 0.130. The topological polar surface area (TPSA) is 110 Å². The second-order valence-electron chi connectivity index (χ2n) is 14.6. The first-order valence-corrected chi connectivity index (χ1v) is 19.8. The number of ketones is 1. The number of anilines is 1. The van der Waals surface area contributed by atoms with E-state index < -0.39 is 23.5 Å². The Morgan fingerprint density at radius 3 is 1.60 bits per heavy atom. The van der Waals surface area contributed by atoms with E-state index >= 15 is 0 Å². The van der Waals surface area contributed by atoms with Crippen LogP contribution in [0.1, 0.15) is 46.0 Å². The van der Waals surface area contributed by atoms with Gasteiger partial charge in [-0.2, -0.15) is 0 Å². The Bertz CT molecular complexity index is 2600. The summed E-state index contributed by atoms with van der Waals surface area (Å²) < 4.78 is 26.4. The Balaban J connectivity index is 1.06. The highest BCUT2D eigenvalue weighted by atomic mass is 16.6. The molecule has 1 saturated heterocycles. The van der Waals surface area contributed by atoms with Crippen molar-refractivity contribution in [3.63, 3.8) is 0 Å². The van der Waals surface area contributed by atoms with E-state index in [1.54, 1.807) is 25.1 Å². The van der Waals surface area contributed by atoms with Gasteiger partial charge in [0.1, 0.15) is 29.0 Å². The van der Waals surface area contributed by atoms with E-state index in [9.17, 15) is 4.79 Å². The van der Waals surface area contributed by atoms with E-state index in [1.807, 2.05) is 109 Å². The molecule has 1 N–H and O–H groups in total. The predicted octanol–water partition coefficient (Wildman–Crippen LogP) is 9.11. The largest absolute Gasteiger partial charge is 0.497 e. The van der Waals surface area contributed by atoms with Gasteiger partial charge in [0.25, 0.3) is 0 Å². The number of hydrogen-bond acceptors (Lipinski definition) is 9. The second-order valence-corrected chi connectivity index (χ2v) is 14.6. The highest BCUT2D eigenvalue weighted by molar-refractivity contribution is 5.88. The minimum Gasteiger partial charge on any atom is -0.497 e. The van der Waals surface area contributed by atoms with Gasteiger partial charge < -0.3 is 24.3 Å². The summed E-state index contributed by atoms with van der Waals surface area (Å²) >= 11 is 0. The molecular weight excluding hydrogens is 751 g/mol. The molecule has 0 radical (unpaired) electrons. The van der Waals surface area contributed by atoms with Crippen molar-refractivity contribution in [3.05, 3.63) is 216 Å². The number of methoxy groups -OCH3 is 2. The molecule has 2 aromatic heterocycles. The number of imidazole rings is 1. The number of carbonyl (C=O) groups excluding carboxylic acids is 1. The molecule has 10 heteroatoms. The molecule has 8 aromatic rings. The van der Waals surface area contributed by atoms with Crippen LogP contribution in [-0.4, -0.2) is 52.2 Å². The lowest BCUT2D eigenvalue weighted by atomic mass is 9.77. The van der Waals surface area contributed by atoms with Crippen LogP contribution in [0.25, 0.3) is 11.2 Å². The third kappa shape index (κ3) is 6.95. The summed E-state index contributed by atoms with van der Waals surface area (Å²) in [6.07, 6.45) is 1.71. The minimum absolute atomic E-state index is 0.105. The van der Waals surface area contributed by atoms with Gasteiger partial charge in [0, 0.05) is 6.42 Å². The van der Waals surface area contributed by atoms with Gasteiger partial charge in [0.05, 0.1) is 33.3 Å². The Kier molecular flexibility index (Phi) is 10.6. The number of aromatic nitrogens is 4. The van der Waals surface area contributed by atoms with Crippen LogP contribution in [0.3, 0.4) is 0 Å². The lowest BCUT2D eigenvalue weighted by Crippen LogP contribution is -2.38. The van der Waals surface area contributed by atoms with Gasteiger partial charge in [0.2, 0.25) is 0 Å². The van der Waals surface area contributed by atoms with Crippen LogP contribution in [0.4, 0.5) is 5.82 Å². The molecule has 10 nitrogen and oxygen atoms in total. The SMILES string of the molecule is COc1ccc(C(Nc2ncnc3c2ncn3[C@@H]2O[C@H](COC(c3ccccc3)(c3ccccc3)c3ccc(OC)cc3)CC2=O)(c2ccccc2)c2ccccc2)cc1. The maximum absolute atomic E-state index is 13.9. The first-order valence-electron chi connectivity index (χ1n) is 19.8. The molecule has 0 unspecified atom stereocenters. The number of fused-ring (bicyclic) bond motifs is 1. The van der Waals surface area contributed by atoms with E-state index in [0.29, 0.717) is 17.0 Å². The molecule has 60 heavy (non-hydrogen) atoms. The van der Waals surface area contributed by atoms with Crippen molar-refractivity contribution in [3.8, 4) is 11.5 Å². The van der Waals surface area contributed by atoms with E-state index in [-0.39, 0.29) is 18.8 Å². The molecule has 0 saturated carbocycles. The molecule has 0 spiro atoms. The molecule has 0 amide bonds. The van der Waals surface area contributed by atoms with Gasteiger partial charge in [-0.05, 0) is 57.6 Å². The van der Waals surface area contributed by atoms with Crippen LogP contribution < -0.4 is 14.8 Å². The van der Waals surface area contributed by atoms with E-state index in [1.165, 1.54) is 6.33 Å². The quantitative estimate of drug-likeness (QED) is 0.108. The van der Waals surface area contributed by atoms with Crippen LogP contribution in [0.15, 0.2) is 183 Å². The molecule has 1 aliphatic heterocycles. The molecule has 1 fully saturated rings. The van der Waals surface area contributed by atoms with Gasteiger partial charge in [-0.15, -0.1) is 0 Å². The minimum atomic E-state index is -1.01. The summed E-state index contributed by atoms with van der Waals surface area (Å²) in [4.78, 5) is 28.2. The van der Waals surface area contributed by atoms with Crippen molar-refractivity contribution < 1.29 is 23.7 Å². The normalized spacial score (nSPS) is 15.5. The molecule has 2 atom stereocenters. The van der Waals surface area contributed by atoms with Crippen LogP contribution in [0, 0.1) is 0 Å². The zero-order chi connectivity index (χ0) is 40.9. The summed E-state index contributed by atoms with van der Waals surface area (Å²) in [7, 11) is 3.30. The molecule has 0 bridgehead atoms.